The quantitative estimate of drug-likeness (QED) is 0.806. The van der Waals surface area contributed by atoms with Crippen LogP contribution in [0.15, 0.2) is 24.3 Å². The molecule has 6 heteroatoms. The van der Waals surface area contributed by atoms with Crippen molar-refractivity contribution in [2.45, 2.75) is 6.54 Å². The maximum Gasteiger partial charge on any atom is 0.225 e. The second-order valence-electron chi connectivity index (χ2n) is 2.67. The number of halogens is 2. The molecule has 0 saturated heterocycles. The summed E-state index contributed by atoms with van der Waals surface area (Å²) in [6.07, 6.45) is 0. The number of alkyl halides is 1. The molecule has 1 rings (SSSR count). The topological polar surface area (TPSA) is 46.2 Å². The lowest BCUT2D eigenvalue weighted by Crippen LogP contribution is -2.23. The Bertz CT molecular complexity index is 390. The van der Waals surface area contributed by atoms with Crippen molar-refractivity contribution < 1.29 is 12.8 Å². The van der Waals surface area contributed by atoms with E-state index in [9.17, 15) is 12.8 Å². The highest BCUT2D eigenvalue weighted by Gasteiger charge is 2.06. The molecule has 1 aromatic carbocycles. The van der Waals surface area contributed by atoms with E-state index in [1.807, 2.05) is 0 Å². The molecule has 0 aliphatic heterocycles. The van der Waals surface area contributed by atoms with Crippen molar-refractivity contribution in [3.05, 3.63) is 35.6 Å². The molecule has 1 aromatic rings. The first-order valence-corrected chi connectivity index (χ1v) is 6.00. The lowest BCUT2D eigenvalue weighted by molar-refractivity contribution is 0.586. The average molecular weight is 238 g/mol. The van der Waals surface area contributed by atoms with Gasteiger partial charge in [-0.2, -0.15) is 0 Å². The van der Waals surface area contributed by atoms with Crippen LogP contribution in [0.25, 0.3) is 0 Å². The maximum atomic E-state index is 12.5. The first-order valence-electron chi connectivity index (χ1n) is 3.81. The molecule has 0 spiro atoms. The molecule has 0 radical (unpaired) electrons. The Morgan fingerprint density at radius 3 is 2.36 bits per heavy atom. The Morgan fingerprint density at radius 2 is 1.86 bits per heavy atom. The Morgan fingerprint density at radius 1 is 1.29 bits per heavy atom. The predicted molar refractivity (Wildman–Crippen MR) is 52.9 cm³/mol. The molecule has 0 unspecified atom stereocenters. The van der Waals surface area contributed by atoms with Crippen LogP contribution in [-0.2, 0) is 16.6 Å². The minimum absolute atomic E-state index is 0.120. The summed E-state index contributed by atoms with van der Waals surface area (Å²) in [6.45, 7) is 0.120. The van der Waals surface area contributed by atoms with Crippen LogP contribution in [0.5, 0.6) is 0 Å². The molecular formula is C8H9ClFNO2S. The van der Waals surface area contributed by atoms with Crippen molar-refractivity contribution >= 4 is 21.6 Å². The van der Waals surface area contributed by atoms with Gasteiger partial charge in [0.1, 0.15) is 11.0 Å². The first kappa shape index (κ1) is 11.4. The lowest BCUT2D eigenvalue weighted by Gasteiger charge is -2.03. The molecule has 3 nitrogen and oxygen atoms in total. The highest BCUT2D eigenvalue weighted by Crippen LogP contribution is 2.02. The van der Waals surface area contributed by atoms with E-state index in [4.69, 9.17) is 11.6 Å². The maximum absolute atomic E-state index is 12.5. The smallest absolute Gasteiger partial charge is 0.211 e. The summed E-state index contributed by atoms with van der Waals surface area (Å²) in [7, 11) is -3.41. The predicted octanol–water partition coefficient (Wildman–Crippen LogP) is 1.44. The van der Waals surface area contributed by atoms with Gasteiger partial charge in [0.2, 0.25) is 10.0 Å². The summed E-state index contributed by atoms with van der Waals surface area (Å²) in [5.74, 6) is -0.353. The molecule has 0 aliphatic carbocycles. The fourth-order valence-electron chi connectivity index (χ4n) is 0.834. The summed E-state index contributed by atoms with van der Waals surface area (Å²) in [4.78, 5) is 0. The van der Waals surface area contributed by atoms with Gasteiger partial charge in [-0.3, -0.25) is 0 Å². The molecule has 0 bridgehead atoms. The molecule has 0 fully saturated rings. The molecule has 0 heterocycles. The standard InChI is InChI=1S/C8H9ClFNO2S/c9-6-14(12,13)11-5-7-1-3-8(10)4-2-7/h1-4,11H,5-6H2. The molecule has 1 N–H and O–H groups in total. The zero-order valence-electron chi connectivity index (χ0n) is 7.20. The van der Waals surface area contributed by atoms with Crippen LogP contribution >= 0.6 is 11.6 Å². The van der Waals surface area contributed by atoms with Gasteiger partial charge in [-0.25, -0.2) is 17.5 Å². The Balaban J connectivity index is 2.59. The monoisotopic (exact) mass is 237 g/mol. The highest BCUT2D eigenvalue weighted by atomic mass is 35.5. The van der Waals surface area contributed by atoms with Crippen LogP contribution in [0.3, 0.4) is 0 Å². The second-order valence-corrected chi connectivity index (χ2v) is 5.06. The van der Waals surface area contributed by atoms with Gasteiger partial charge in [-0.15, -0.1) is 11.6 Å². The van der Waals surface area contributed by atoms with Crippen LogP contribution < -0.4 is 4.72 Å². The summed E-state index contributed by atoms with van der Waals surface area (Å²) >= 11 is 5.17. The van der Waals surface area contributed by atoms with Crippen molar-refractivity contribution in [1.29, 1.82) is 0 Å². The highest BCUT2D eigenvalue weighted by molar-refractivity contribution is 7.90. The molecule has 14 heavy (non-hydrogen) atoms. The normalized spacial score (nSPS) is 11.6. The number of hydrogen-bond acceptors (Lipinski definition) is 2. The van der Waals surface area contributed by atoms with Gasteiger partial charge in [0.25, 0.3) is 0 Å². The Kier molecular flexibility index (Phi) is 3.86. The van der Waals surface area contributed by atoms with E-state index in [2.05, 4.69) is 4.72 Å². The molecular weight excluding hydrogens is 229 g/mol. The summed E-state index contributed by atoms with van der Waals surface area (Å²) in [5.41, 5.74) is 0.681. The van der Waals surface area contributed by atoms with Gasteiger partial charge in [0.15, 0.2) is 0 Å². The van der Waals surface area contributed by atoms with Gasteiger partial charge < -0.3 is 0 Å². The van der Waals surface area contributed by atoms with Crippen LogP contribution in [0.4, 0.5) is 4.39 Å². The van der Waals surface area contributed by atoms with Crippen molar-refractivity contribution in [3.63, 3.8) is 0 Å². The van der Waals surface area contributed by atoms with Crippen molar-refractivity contribution in [2.75, 3.05) is 5.21 Å². The largest absolute Gasteiger partial charge is 0.225 e. The van der Waals surface area contributed by atoms with E-state index < -0.39 is 15.2 Å². The Hall–Kier alpha value is -0.650. The van der Waals surface area contributed by atoms with E-state index >= 15 is 0 Å². The van der Waals surface area contributed by atoms with E-state index in [1.54, 1.807) is 0 Å². The second kappa shape index (κ2) is 4.72. The third-order valence-corrected chi connectivity index (χ3v) is 3.29. The van der Waals surface area contributed by atoms with Crippen molar-refractivity contribution in [1.82, 2.24) is 4.72 Å². The minimum atomic E-state index is -3.41. The molecule has 0 saturated carbocycles. The summed E-state index contributed by atoms with van der Waals surface area (Å²) in [6, 6.07) is 5.55. The number of hydrogen-bond donors (Lipinski definition) is 1. The molecule has 0 amide bonds. The van der Waals surface area contributed by atoms with E-state index in [0.717, 1.165) is 0 Å². The number of benzene rings is 1. The number of nitrogens with one attached hydrogen (secondary N) is 1. The van der Waals surface area contributed by atoms with E-state index in [-0.39, 0.29) is 12.4 Å². The van der Waals surface area contributed by atoms with Crippen LogP contribution in [-0.4, -0.2) is 13.6 Å². The Labute approximate surface area is 86.9 Å². The van der Waals surface area contributed by atoms with Gasteiger partial charge >= 0.3 is 0 Å². The SMILES string of the molecule is O=S(=O)(CCl)NCc1ccc(F)cc1. The molecule has 0 atom stereocenters. The third-order valence-electron chi connectivity index (χ3n) is 1.55. The first-order chi connectivity index (χ1) is 6.53. The molecule has 0 aromatic heterocycles. The number of rotatable bonds is 4. The van der Waals surface area contributed by atoms with Crippen LogP contribution in [0.2, 0.25) is 0 Å². The van der Waals surface area contributed by atoms with Crippen LogP contribution in [0.1, 0.15) is 5.56 Å². The fraction of sp³-hybridized carbons (Fsp3) is 0.250. The fourth-order valence-corrected chi connectivity index (χ4v) is 1.53. The zero-order chi connectivity index (χ0) is 10.6. The average Bonchev–Trinajstić information content (AvgIpc) is 2.17. The van der Waals surface area contributed by atoms with E-state index in [0.29, 0.717) is 5.56 Å². The summed E-state index contributed by atoms with van der Waals surface area (Å²) in [5, 5.41) is -0.478. The van der Waals surface area contributed by atoms with Gasteiger partial charge in [0.05, 0.1) is 0 Å². The summed E-state index contributed by atoms with van der Waals surface area (Å²) < 4.78 is 36.6. The minimum Gasteiger partial charge on any atom is -0.211 e. The van der Waals surface area contributed by atoms with Crippen LogP contribution in [0, 0.1) is 5.82 Å². The van der Waals surface area contributed by atoms with Crippen molar-refractivity contribution in [3.8, 4) is 0 Å². The van der Waals surface area contributed by atoms with Gasteiger partial charge in [0, 0.05) is 6.54 Å². The molecule has 78 valence electrons. The third kappa shape index (κ3) is 3.61. The molecule has 0 aliphatic rings. The lowest BCUT2D eigenvalue weighted by atomic mass is 10.2. The zero-order valence-corrected chi connectivity index (χ0v) is 8.78. The van der Waals surface area contributed by atoms with Gasteiger partial charge in [-0.05, 0) is 17.7 Å². The van der Waals surface area contributed by atoms with Crippen molar-refractivity contribution in [2.24, 2.45) is 0 Å². The van der Waals surface area contributed by atoms with Gasteiger partial charge in [-0.1, -0.05) is 12.1 Å². The number of sulfonamides is 1. The van der Waals surface area contributed by atoms with E-state index in [1.165, 1.54) is 24.3 Å².